The Morgan fingerprint density at radius 2 is 1.94 bits per heavy atom. The van der Waals surface area contributed by atoms with Gasteiger partial charge in [0.2, 0.25) is 0 Å². The monoisotopic (exact) mass is 240 g/mol. The summed E-state index contributed by atoms with van der Waals surface area (Å²) in [5, 5.41) is 12.9. The third-order valence-electron chi connectivity index (χ3n) is 4.14. The first kappa shape index (κ1) is 12.7. The van der Waals surface area contributed by atoms with Crippen molar-refractivity contribution >= 4 is 6.03 Å². The van der Waals surface area contributed by atoms with Crippen LogP contribution in [0.5, 0.6) is 0 Å². The predicted octanol–water partition coefficient (Wildman–Crippen LogP) is 1.73. The second-order valence-electron chi connectivity index (χ2n) is 5.56. The van der Waals surface area contributed by atoms with E-state index in [1.165, 1.54) is 19.3 Å². The standard InChI is InChI=1S/C13H24N2O2/c1-10-7-8-15(9-12(10)16)13(17)14-11-5-3-2-4-6-11/h10-12,16H,2-9H2,1H3,(H,14,17). The molecular formula is C13H24N2O2. The number of aliphatic hydroxyl groups excluding tert-OH is 1. The van der Waals surface area contributed by atoms with E-state index in [-0.39, 0.29) is 12.1 Å². The second-order valence-corrected chi connectivity index (χ2v) is 5.56. The fourth-order valence-corrected chi connectivity index (χ4v) is 2.75. The summed E-state index contributed by atoms with van der Waals surface area (Å²) in [6.07, 6.45) is 6.51. The lowest BCUT2D eigenvalue weighted by Gasteiger charge is -2.35. The van der Waals surface area contributed by atoms with Crippen molar-refractivity contribution in [2.45, 2.75) is 57.6 Å². The minimum absolute atomic E-state index is 0.0165. The summed E-state index contributed by atoms with van der Waals surface area (Å²) in [4.78, 5) is 13.8. The van der Waals surface area contributed by atoms with Gasteiger partial charge in [0, 0.05) is 19.1 Å². The summed E-state index contributed by atoms with van der Waals surface area (Å²) in [6.45, 7) is 3.30. The van der Waals surface area contributed by atoms with E-state index < -0.39 is 0 Å². The molecule has 1 saturated heterocycles. The number of hydrogen-bond acceptors (Lipinski definition) is 2. The summed E-state index contributed by atoms with van der Waals surface area (Å²) in [7, 11) is 0. The molecule has 4 nitrogen and oxygen atoms in total. The number of carbonyl (C=O) groups is 1. The van der Waals surface area contributed by atoms with E-state index in [9.17, 15) is 9.90 Å². The van der Waals surface area contributed by atoms with Crippen molar-refractivity contribution in [3.63, 3.8) is 0 Å². The molecule has 4 heteroatoms. The van der Waals surface area contributed by atoms with Crippen LogP contribution in [-0.2, 0) is 0 Å². The molecule has 0 aromatic rings. The molecule has 1 saturated carbocycles. The molecule has 2 aliphatic rings. The topological polar surface area (TPSA) is 52.6 Å². The number of nitrogens with zero attached hydrogens (tertiary/aromatic N) is 1. The van der Waals surface area contributed by atoms with Crippen LogP contribution in [0.15, 0.2) is 0 Å². The van der Waals surface area contributed by atoms with Gasteiger partial charge in [0.05, 0.1) is 6.10 Å². The van der Waals surface area contributed by atoms with Crippen molar-refractivity contribution in [3.8, 4) is 0 Å². The lowest BCUT2D eigenvalue weighted by molar-refractivity contribution is 0.0427. The molecule has 98 valence electrons. The van der Waals surface area contributed by atoms with Gasteiger partial charge in [-0.25, -0.2) is 4.79 Å². The number of amides is 2. The van der Waals surface area contributed by atoms with Gasteiger partial charge in [0.15, 0.2) is 0 Å². The number of nitrogens with one attached hydrogen (secondary N) is 1. The predicted molar refractivity (Wildman–Crippen MR) is 66.8 cm³/mol. The van der Waals surface area contributed by atoms with Crippen LogP contribution in [-0.4, -0.2) is 41.3 Å². The Hall–Kier alpha value is -0.770. The maximum absolute atomic E-state index is 12.0. The van der Waals surface area contributed by atoms with E-state index in [1.54, 1.807) is 4.90 Å². The Morgan fingerprint density at radius 1 is 1.24 bits per heavy atom. The van der Waals surface area contributed by atoms with Gasteiger partial charge in [0.25, 0.3) is 0 Å². The minimum atomic E-state index is -0.360. The number of rotatable bonds is 1. The smallest absolute Gasteiger partial charge is 0.317 e. The van der Waals surface area contributed by atoms with Gasteiger partial charge in [-0.1, -0.05) is 26.2 Å². The van der Waals surface area contributed by atoms with Crippen LogP contribution in [0, 0.1) is 5.92 Å². The Labute approximate surface area is 103 Å². The second kappa shape index (κ2) is 5.71. The number of likely N-dealkylation sites (tertiary alicyclic amines) is 1. The number of aliphatic hydroxyl groups is 1. The van der Waals surface area contributed by atoms with Gasteiger partial charge in [-0.05, 0) is 25.2 Å². The van der Waals surface area contributed by atoms with Crippen LogP contribution in [0.4, 0.5) is 4.79 Å². The van der Waals surface area contributed by atoms with Crippen molar-refractivity contribution in [2.24, 2.45) is 5.92 Å². The van der Waals surface area contributed by atoms with Crippen LogP contribution >= 0.6 is 0 Å². The third-order valence-corrected chi connectivity index (χ3v) is 4.14. The van der Waals surface area contributed by atoms with Crippen molar-refractivity contribution in [3.05, 3.63) is 0 Å². The summed E-state index contributed by atoms with van der Waals surface area (Å²) in [6, 6.07) is 0.371. The van der Waals surface area contributed by atoms with Crippen molar-refractivity contribution in [1.29, 1.82) is 0 Å². The fourth-order valence-electron chi connectivity index (χ4n) is 2.75. The number of β-amino-alcohol motifs (C(OH)–C–C–N with tert-alkyl or cyclic N) is 1. The highest BCUT2D eigenvalue weighted by atomic mass is 16.3. The van der Waals surface area contributed by atoms with E-state index in [0.29, 0.717) is 18.5 Å². The Bertz CT molecular complexity index is 264. The van der Waals surface area contributed by atoms with Crippen LogP contribution in [0.1, 0.15) is 45.4 Å². The number of urea groups is 1. The largest absolute Gasteiger partial charge is 0.391 e. The Morgan fingerprint density at radius 3 is 2.59 bits per heavy atom. The Kier molecular flexibility index (Phi) is 4.26. The van der Waals surface area contributed by atoms with Gasteiger partial charge < -0.3 is 15.3 Å². The quantitative estimate of drug-likeness (QED) is 0.733. The van der Waals surface area contributed by atoms with Crippen molar-refractivity contribution in [1.82, 2.24) is 10.2 Å². The average molecular weight is 240 g/mol. The highest BCUT2D eigenvalue weighted by Gasteiger charge is 2.28. The first-order valence-electron chi connectivity index (χ1n) is 6.90. The highest BCUT2D eigenvalue weighted by Crippen LogP contribution is 2.19. The zero-order valence-electron chi connectivity index (χ0n) is 10.7. The van der Waals surface area contributed by atoms with Gasteiger partial charge in [-0.2, -0.15) is 0 Å². The molecule has 0 bridgehead atoms. The number of piperidine rings is 1. The van der Waals surface area contributed by atoms with Crippen LogP contribution in [0.25, 0.3) is 0 Å². The molecule has 17 heavy (non-hydrogen) atoms. The molecule has 2 amide bonds. The van der Waals surface area contributed by atoms with E-state index in [0.717, 1.165) is 25.8 Å². The Balaban J connectivity index is 1.79. The molecule has 2 N–H and O–H groups in total. The summed E-state index contributed by atoms with van der Waals surface area (Å²) in [5.41, 5.74) is 0. The van der Waals surface area contributed by atoms with Gasteiger partial charge in [-0.3, -0.25) is 0 Å². The maximum Gasteiger partial charge on any atom is 0.317 e. The van der Waals surface area contributed by atoms with Crippen LogP contribution in [0.3, 0.4) is 0 Å². The van der Waals surface area contributed by atoms with Gasteiger partial charge in [0.1, 0.15) is 0 Å². The average Bonchev–Trinajstić information content (AvgIpc) is 2.34. The summed E-state index contributed by atoms with van der Waals surface area (Å²) >= 11 is 0. The molecule has 1 heterocycles. The van der Waals surface area contributed by atoms with E-state index in [2.05, 4.69) is 5.32 Å². The molecule has 2 rings (SSSR count). The van der Waals surface area contributed by atoms with Crippen molar-refractivity contribution in [2.75, 3.05) is 13.1 Å². The molecule has 0 aromatic carbocycles. The van der Waals surface area contributed by atoms with Gasteiger partial charge in [-0.15, -0.1) is 0 Å². The SMILES string of the molecule is CC1CCN(C(=O)NC2CCCCC2)CC1O. The lowest BCUT2D eigenvalue weighted by Crippen LogP contribution is -2.52. The maximum atomic E-state index is 12.0. The highest BCUT2D eigenvalue weighted by molar-refractivity contribution is 5.74. The summed E-state index contributed by atoms with van der Waals surface area (Å²) in [5.74, 6) is 0.314. The zero-order valence-corrected chi connectivity index (χ0v) is 10.7. The molecular weight excluding hydrogens is 216 g/mol. The summed E-state index contributed by atoms with van der Waals surface area (Å²) < 4.78 is 0. The number of carbonyl (C=O) groups excluding carboxylic acids is 1. The van der Waals surface area contributed by atoms with Crippen LogP contribution < -0.4 is 5.32 Å². The molecule has 1 aliphatic carbocycles. The van der Waals surface area contributed by atoms with E-state index >= 15 is 0 Å². The third kappa shape index (κ3) is 3.35. The van der Waals surface area contributed by atoms with Gasteiger partial charge >= 0.3 is 6.03 Å². The molecule has 2 fully saturated rings. The lowest BCUT2D eigenvalue weighted by atomic mass is 9.95. The molecule has 0 spiro atoms. The fraction of sp³-hybridized carbons (Fsp3) is 0.923. The van der Waals surface area contributed by atoms with Crippen LogP contribution in [0.2, 0.25) is 0 Å². The zero-order chi connectivity index (χ0) is 12.3. The number of hydrogen-bond donors (Lipinski definition) is 2. The first-order valence-corrected chi connectivity index (χ1v) is 6.90. The molecule has 2 atom stereocenters. The van der Waals surface area contributed by atoms with E-state index in [1.807, 2.05) is 6.92 Å². The minimum Gasteiger partial charge on any atom is -0.391 e. The first-order chi connectivity index (χ1) is 8.16. The molecule has 0 radical (unpaired) electrons. The molecule has 1 aliphatic heterocycles. The van der Waals surface area contributed by atoms with E-state index in [4.69, 9.17) is 0 Å². The molecule has 0 aromatic heterocycles. The van der Waals surface area contributed by atoms with Crippen molar-refractivity contribution < 1.29 is 9.90 Å². The molecule has 2 unspecified atom stereocenters. The normalized spacial score (nSPS) is 31.3.